The van der Waals surface area contributed by atoms with Gasteiger partial charge in [-0.25, -0.2) is 0 Å². The monoisotopic (exact) mass is 262 g/mol. The van der Waals surface area contributed by atoms with Crippen LogP contribution in [-0.2, 0) is 19.0 Å². The average Bonchev–Trinajstić information content (AvgIpc) is 2.36. The third-order valence-electron chi connectivity index (χ3n) is 2.61. The Hall–Kier alpha value is -0.260. The van der Waals surface area contributed by atoms with Crippen LogP contribution in [0.15, 0.2) is 0 Å². The van der Waals surface area contributed by atoms with Gasteiger partial charge in [0.05, 0.1) is 20.1 Å². The molecule has 0 aromatic carbocycles. The molecule has 1 heterocycles. The molecular formula is C12H22O4S. The summed E-state index contributed by atoms with van der Waals surface area (Å²) in [4.78, 5) is 11.0. The molecule has 0 aromatic rings. The summed E-state index contributed by atoms with van der Waals surface area (Å²) in [5, 5.41) is 0.276. The van der Waals surface area contributed by atoms with E-state index in [4.69, 9.17) is 9.47 Å². The van der Waals surface area contributed by atoms with Crippen LogP contribution in [0.2, 0.25) is 0 Å². The van der Waals surface area contributed by atoms with Crippen molar-refractivity contribution >= 4 is 17.7 Å². The molecule has 0 amide bonds. The van der Waals surface area contributed by atoms with Crippen LogP contribution in [0.1, 0.15) is 32.6 Å². The van der Waals surface area contributed by atoms with Crippen LogP contribution in [0.25, 0.3) is 0 Å². The Morgan fingerprint density at radius 1 is 1.53 bits per heavy atom. The van der Waals surface area contributed by atoms with Crippen molar-refractivity contribution in [2.24, 2.45) is 0 Å². The van der Waals surface area contributed by atoms with E-state index in [1.54, 1.807) is 11.8 Å². The minimum absolute atomic E-state index is 0.0136. The first-order valence-corrected chi connectivity index (χ1v) is 7.19. The normalized spacial score (nSPS) is 22.1. The first-order chi connectivity index (χ1) is 8.22. The van der Waals surface area contributed by atoms with Crippen molar-refractivity contribution in [1.82, 2.24) is 0 Å². The highest BCUT2D eigenvalue weighted by molar-refractivity contribution is 7.99. The number of carbonyl (C=O) groups is 1. The number of esters is 1. The highest BCUT2D eigenvalue weighted by atomic mass is 32.2. The second-order valence-corrected chi connectivity index (χ2v) is 5.67. The summed E-state index contributed by atoms with van der Waals surface area (Å²) in [6.45, 7) is 3.52. The lowest BCUT2D eigenvalue weighted by atomic mass is 10.2. The van der Waals surface area contributed by atoms with Gasteiger partial charge in [0.25, 0.3) is 0 Å². The number of rotatable bonds is 7. The van der Waals surface area contributed by atoms with Gasteiger partial charge in [-0.1, -0.05) is 6.92 Å². The zero-order chi connectivity index (χ0) is 12.5. The van der Waals surface area contributed by atoms with E-state index in [0.717, 1.165) is 25.2 Å². The third-order valence-corrected chi connectivity index (χ3v) is 3.75. The van der Waals surface area contributed by atoms with Crippen LogP contribution in [-0.4, -0.2) is 43.6 Å². The minimum Gasteiger partial charge on any atom is -0.469 e. The molecule has 1 saturated heterocycles. The molecule has 1 aliphatic heterocycles. The largest absolute Gasteiger partial charge is 0.469 e. The number of thioether (sulfide) groups is 1. The van der Waals surface area contributed by atoms with Crippen molar-refractivity contribution in [2.75, 3.05) is 26.1 Å². The molecule has 2 unspecified atom stereocenters. The van der Waals surface area contributed by atoms with Gasteiger partial charge in [0.1, 0.15) is 0 Å². The van der Waals surface area contributed by atoms with Gasteiger partial charge in [0, 0.05) is 17.6 Å². The molecule has 5 heteroatoms. The second kappa shape index (κ2) is 8.78. The molecular weight excluding hydrogens is 240 g/mol. The Morgan fingerprint density at radius 2 is 2.35 bits per heavy atom. The summed E-state index contributed by atoms with van der Waals surface area (Å²) in [6, 6.07) is 0. The molecule has 1 fully saturated rings. The van der Waals surface area contributed by atoms with Gasteiger partial charge in [-0.3, -0.25) is 4.79 Å². The first kappa shape index (κ1) is 14.8. The van der Waals surface area contributed by atoms with E-state index in [0.29, 0.717) is 13.0 Å². The first-order valence-electron chi connectivity index (χ1n) is 6.14. The van der Waals surface area contributed by atoms with Crippen molar-refractivity contribution in [2.45, 2.75) is 44.1 Å². The van der Waals surface area contributed by atoms with Crippen molar-refractivity contribution in [3.05, 3.63) is 0 Å². The van der Waals surface area contributed by atoms with Crippen LogP contribution in [0, 0.1) is 0 Å². The van der Waals surface area contributed by atoms with Gasteiger partial charge in [-0.05, 0) is 19.3 Å². The average molecular weight is 262 g/mol. The maximum Gasteiger partial charge on any atom is 0.306 e. The van der Waals surface area contributed by atoms with Gasteiger partial charge in [0.2, 0.25) is 0 Å². The molecule has 17 heavy (non-hydrogen) atoms. The molecule has 2 atom stereocenters. The smallest absolute Gasteiger partial charge is 0.306 e. The fourth-order valence-corrected chi connectivity index (χ4v) is 2.50. The fourth-order valence-electron chi connectivity index (χ4n) is 1.65. The highest BCUT2D eigenvalue weighted by Crippen LogP contribution is 2.17. The van der Waals surface area contributed by atoms with Crippen LogP contribution in [0.5, 0.6) is 0 Å². The Bertz CT molecular complexity index is 217. The summed E-state index contributed by atoms with van der Waals surface area (Å²) in [7, 11) is 1.42. The topological polar surface area (TPSA) is 44.8 Å². The number of methoxy groups -OCH3 is 1. The van der Waals surface area contributed by atoms with Crippen LogP contribution < -0.4 is 0 Å². The van der Waals surface area contributed by atoms with E-state index < -0.39 is 0 Å². The molecule has 1 rings (SSSR count). The Labute approximate surface area is 107 Å². The zero-order valence-corrected chi connectivity index (χ0v) is 11.5. The number of hydrogen-bond donors (Lipinski definition) is 0. The second-order valence-electron chi connectivity index (χ2n) is 4.13. The van der Waals surface area contributed by atoms with Crippen LogP contribution in [0.4, 0.5) is 0 Å². The van der Waals surface area contributed by atoms with E-state index in [9.17, 15) is 4.79 Å². The van der Waals surface area contributed by atoms with Crippen LogP contribution in [0.3, 0.4) is 0 Å². The predicted molar refractivity (Wildman–Crippen MR) is 68.1 cm³/mol. The molecule has 0 spiro atoms. The van der Waals surface area contributed by atoms with E-state index in [1.165, 1.54) is 13.5 Å². The molecule has 100 valence electrons. The minimum atomic E-state index is -0.151. The number of hydrogen-bond acceptors (Lipinski definition) is 5. The molecule has 0 aliphatic carbocycles. The lowest BCUT2D eigenvalue weighted by Crippen LogP contribution is -2.23. The van der Waals surface area contributed by atoms with Crippen LogP contribution >= 0.6 is 11.8 Å². The number of carbonyl (C=O) groups excluding carboxylic acids is 1. The fraction of sp³-hybridized carbons (Fsp3) is 0.917. The summed E-state index contributed by atoms with van der Waals surface area (Å²) in [5.74, 6) is 0.736. The van der Waals surface area contributed by atoms with Gasteiger partial charge in [0.15, 0.2) is 6.29 Å². The zero-order valence-electron chi connectivity index (χ0n) is 10.6. The Morgan fingerprint density at radius 3 is 3.00 bits per heavy atom. The summed E-state index contributed by atoms with van der Waals surface area (Å²) < 4.78 is 15.7. The molecule has 0 radical (unpaired) electrons. The van der Waals surface area contributed by atoms with Gasteiger partial charge < -0.3 is 14.2 Å². The lowest BCUT2D eigenvalue weighted by Gasteiger charge is -2.22. The van der Waals surface area contributed by atoms with Crippen molar-refractivity contribution in [3.8, 4) is 0 Å². The summed E-state index contributed by atoms with van der Waals surface area (Å²) in [5.41, 5.74) is 0. The molecule has 4 nitrogen and oxygen atoms in total. The SMILES string of the molecule is COC(=O)CC(C)SCCOC1CCCCO1. The van der Waals surface area contributed by atoms with Crippen molar-refractivity contribution in [1.29, 1.82) is 0 Å². The van der Waals surface area contributed by atoms with E-state index in [1.807, 2.05) is 6.92 Å². The highest BCUT2D eigenvalue weighted by Gasteiger charge is 2.14. The molecule has 0 bridgehead atoms. The maximum atomic E-state index is 11.0. The van der Waals surface area contributed by atoms with Gasteiger partial charge in [-0.2, -0.15) is 11.8 Å². The molecule has 0 aromatic heterocycles. The quantitative estimate of drug-likeness (QED) is 0.520. The van der Waals surface area contributed by atoms with Gasteiger partial charge >= 0.3 is 5.97 Å². The number of ether oxygens (including phenoxy) is 3. The Kier molecular flexibility index (Phi) is 7.64. The predicted octanol–water partition coefficient (Wildman–Crippen LogP) is 2.21. The van der Waals surface area contributed by atoms with Crippen molar-refractivity contribution in [3.63, 3.8) is 0 Å². The van der Waals surface area contributed by atoms with E-state index >= 15 is 0 Å². The lowest BCUT2D eigenvalue weighted by molar-refractivity contribution is -0.158. The standard InChI is InChI=1S/C12H22O4S/c1-10(9-11(13)14-2)17-8-7-16-12-5-3-4-6-15-12/h10,12H,3-9H2,1-2H3. The summed E-state index contributed by atoms with van der Waals surface area (Å²) >= 11 is 1.73. The Balaban J connectivity index is 1.97. The van der Waals surface area contributed by atoms with Gasteiger partial charge in [-0.15, -0.1) is 0 Å². The molecule has 0 N–H and O–H groups in total. The van der Waals surface area contributed by atoms with E-state index in [2.05, 4.69) is 4.74 Å². The van der Waals surface area contributed by atoms with Crippen molar-refractivity contribution < 1.29 is 19.0 Å². The molecule has 0 saturated carbocycles. The third kappa shape index (κ3) is 6.91. The summed E-state index contributed by atoms with van der Waals surface area (Å²) in [6.07, 6.45) is 3.78. The maximum absolute atomic E-state index is 11.0. The van der Waals surface area contributed by atoms with E-state index in [-0.39, 0.29) is 17.5 Å². The molecule has 1 aliphatic rings.